The second-order valence-corrected chi connectivity index (χ2v) is 7.20. The number of ether oxygens (including phenoxy) is 1. The smallest absolute Gasteiger partial charge is 0.308 e. The predicted molar refractivity (Wildman–Crippen MR) is 96.3 cm³/mol. The van der Waals surface area contributed by atoms with Gasteiger partial charge in [-0.25, -0.2) is 4.39 Å². The van der Waals surface area contributed by atoms with E-state index in [0.29, 0.717) is 57.4 Å². The molecule has 0 bridgehead atoms. The summed E-state index contributed by atoms with van der Waals surface area (Å²) in [4.78, 5) is 40.4. The summed E-state index contributed by atoms with van der Waals surface area (Å²) < 4.78 is 17.8. The molecular formula is C20H25FN2O4. The van der Waals surface area contributed by atoms with Crippen molar-refractivity contribution in [3.8, 4) is 0 Å². The van der Waals surface area contributed by atoms with Gasteiger partial charge in [0.1, 0.15) is 5.82 Å². The van der Waals surface area contributed by atoms with Crippen molar-refractivity contribution in [3.05, 3.63) is 35.6 Å². The van der Waals surface area contributed by atoms with Crippen LogP contribution in [-0.4, -0.2) is 60.9 Å². The summed E-state index contributed by atoms with van der Waals surface area (Å²) in [5, 5.41) is 0. The summed E-state index contributed by atoms with van der Waals surface area (Å²) in [5.74, 6) is -0.778. The number of carbonyl (C=O) groups is 3. The first-order chi connectivity index (χ1) is 13.0. The molecule has 2 aliphatic heterocycles. The third kappa shape index (κ3) is 4.46. The zero-order chi connectivity index (χ0) is 19.4. The highest BCUT2D eigenvalue weighted by Crippen LogP contribution is 2.25. The van der Waals surface area contributed by atoms with Crippen molar-refractivity contribution in [2.24, 2.45) is 11.8 Å². The third-order valence-corrected chi connectivity index (χ3v) is 5.56. The number of halogens is 1. The normalized spacial score (nSPS) is 19.0. The maximum atomic E-state index is 13.0. The average molecular weight is 376 g/mol. The van der Waals surface area contributed by atoms with E-state index < -0.39 is 0 Å². The fraction of sp³-hybridized carbons (Fsp3) is 0.550. The van der Waals surface area contributed by atoms with Crippen LogP contribution in [0, 0.1) is 17.7 Å². The molecule has 3 rings (SSSR count). The molecule has 0 saturated carbocycles. The second-order valence-electron chi connectivity index (χ2n) is 7.20. The van der Waals surface area contributed by atoms with E-state index >= 15 is 0 Å². The minimum atomic E-state index is -0.369. The van der Waals surface area contributed by atoms with Crippen LogP contribution >= 0.6 is 0 Å². The first-order valence-corrected chi connectivity index (χ1v) is 9.41. The number of nitrogens with zero attached hydrogens (tertiary/aromatic N) is 2. The average Bonchev–Trinajstić information content (AvgIpc) is 2.73. The Morgan fingerprint density at radius 1 is 0.889 bits per heavy atom. The van der Waals surface area contributed by atoms with E-state index in [2.05, 4.69) is 0 Å². The standard InChI is InChI=1S/C20H25FN2O4/c1-27-20(26)16-8-12-23(13-9-16)19(25)15-6-10-22(11-7-15)18(24)14-2-4-17(21)5-3-14/h2-5,15-16H,6-13H2,1H3. The molecule has 2 amide bonds. The molecule has 2 fully saturated rings. The summed E-state index contributed by atoms with van der Waals surface area (Å²) >= 11 is 0. The number of carbonyl (C=O) groups excluding carboxylic acids is 3. The first-order valence-electron chi connectivity index (χ1n) is 9.41. The van der Waals surface area contributed by atoms with Crippen molar-refractivity contribution >= 4 is 17.8 Å². The van der Waals surface area contributed by atoms with Crippen LogP contribution < -0.4 is 0 Å². The highest BCUT2D eigenvalue weighted by Gasteiger charge is 2.33. The Morgan fingerprint density at radius 2 is 1.41 bits per heavy atom. The van der Waals surface area contributed by atoms with Gasteiger partial charge in [-0.2, -0.15) is 0 Å². The van der Waals surface area contributed by atoms with E-state index in [1.54, 1.807) is 4.90 Å². The minimum absolute atomic E-state index is 0.0862. The van der Waals surface area contributed by atoms with Crippen molar-refractivity contribution in [3.63, 3.8) is 0 Å². The number of methoxy groups -OCH3 is 1. The van der Waals surface area contributed by atoms with Gasteiger partial charge in [0.2, 0.25) is 5.91 Å². The molecule has 0 spiro atoms. The Kier molecular flexibility index (Phi) is 6.08. The van der Waals surface area contributed by atoms with Gasteiger partial charge < -0.3 is 14.5 Å². The summed E-state index contributed by atoms with van der Waals surface area (Å²) in [6, 6.07) is 5.53. The van der Waals surface area contributed by atoms with Crippen LogP contribution in [0.25, 0.3) is 0 Å². The number of hydrogen-bond donors (Lipinski definition) is 0. The van der Waals surface area contributed by atoms with Crippen LogP contribution in [0.4, 0.5) is 4.39 Å². The monoisotopic (exact) mass is 376 g/mol. The lowest BCUT2D eigenvalue weighted by molar-refractivity contribution is -0.149. The SMILES string of the molecule is COC(=O)C1CCN(C(=O)C2CCN(C(=O)c3ccc(F)cc3)CC2)CC1. The van der Waals surface area contributed by atoms with E-state index in [-0.39, 0.29) is 35.4 Å². The summed E-state index contributed by atoms with van der Waals surface area (Å²) in [7, 11) is 1.39. The molecule has 7 heteroatoms. The van der Waals surface area contributed by atoms with Gasteiger partial charge in [0, 0.05) is 37.7 Å². The van der Waals surface area contributed by atoms with E-state index in [0.717, 1.165) is 0 Å². The van der Waals surface area contributed by atoms with E-state index in [1.165, 1.54) is 31.4 Å². The lowest BCUT2D eigenvalue weighted by atomic mass is 9.92. The highest BCUT2D eigenvalue weighted by atomic mass is 19.1. The second kappa shape index (κ2) is 8.50. The topological polar surface area (TPSA) is 66.9 Å². The molecule has 6 nitrogen and oxygen atoms in total. The van der Waals surface area contributed by atoms with Gasteiger partial charge in [-0.3, -0.25) is 14.4 Å². The van der Waals surface area contributed by atoms with Crippen LogP contribution in [0.3, 0.4) is 0 Å². The summed E-state index contributed by atoms with van der Waals surface area (Å²) in [5.41, 5.74) is 0.464. The van der Waals surface area contributed by atoms with Gasteiger partial charge in [-0.1, -0.05) is 0 Å². The number of piperidine rings is 2. The lowest BCUT2D eigenvalue weighted by Gasteiger charge is -2.36. The predicted octanol–water partition coefficient (Wildman–Crippen LogP) is 2.09. The number of amides is 2. The van der Waals surface area contributed by atoms with E-state index in [9.17, 15) is 18.8 Å². The van der Waals surface area contributed by atoms with Gasteiger partial charge >= 0.3 is 5.97 Å². The maximum Gasteiger partial charge on any atom is 0.308 e. The molecule has 0 aromatic heterocycles. The van der Waals surface area contributed by atoms with Gasteiger partial charge in [-0.15, -0.1) is 0 Å². The molecule has 2 aliphatic rings. The molecular weight excluding hydrogens is 351 g/mol. The molecule has 0 unspecified atom stereocenters. The zero-order valence-corrected chi connectivity index (χ0v) is 15.5. The van der Waals surface area contributed by atoms with Crippen molar-refractivity contribution in [2.45, 2.75) is 25.7 Å². The fourth-order valence-corrected chi connectivity index (χ4v) is 3.87. The number of hydrogen-bond acceptors (Lipinski definition) is 4. The Labute approximate surface area is 158 Å². The number of benzene rings is 1. The number of likely N-dealkylation sites (tertiary alicyclic amines) is 2. The lowest BCUT2D eigenvalue weighted by Crippen LogP contribution is -2.47. The fourth-order valence-electron chi connectivity index (χ4n) is 3.87. The molecule has 0 atom stereocenters. The quantitative estimate of drug-likeness (QED) is 0.758. The molecule has 1 aromatic carbocycles. The van der Waals surface area contributed by atoms with Crippen LogP contribution in [-0.2, 0) is 14.3 Å². The Morgan fingerprint density at radius 3 is 1.96 bits per heavy atom. The van der Waals surface area contributed by atoms with Gasteiger partial charge in [0.25, 0.3) is 5.91 Å². The Hall–Kier alpha value is -2.44. The molecule has 27 heavy (non-hydrogen) atoms. The first kappa shape index (κ1) is 19.3. The third-order valence-electron chi connectivity index (χ3n) is 5.56. The molecule has 0 aliphatic carbocycles. The highest BCUT2D eigenvalue weighted by molar-refractivity contribution is 5.94. The summed E-state index contributed by atoms with van der Waals surface area (Å²) in [6.45, 7) is 2.19. The van der Waals surface area contributed by atoms with Gasteiger partial charge in [0.15, 0.2) is 0 Å². The largest absolute Gasteiger partial charge is 0.469 e. The van der Waals surface area contributed by atoms with E-state index in [4.69, 9.17) is 4.74 Å². The van der Waals surface area contributed by atoms with Crippen LogP contribution in [0.5, 0.6) is 0 Å². The van der Waals surface area contributed by atoms with Crippen LogP contribution in [0.1, 0.15) is 36.0 Å². The molecule has 2 saturated heterocycles. The molecule has 2 heterocycles. The summed E-state index contributed by atoms with van der Waals surface area (Å²) in [6.07, 6.45) is 2.53. The van der Waals surface area contributed by atoms with Crippen LogP contribution in [0.15, 0.2) is 24.3 Å². The number of esters is 1. The van der Waals surface area contributed by atoms with Crippen molar-refractivity contribution in [1.29, 1.82) is 0 Å². The van der Waals surface area contributed by atoms with Gasteiger partial charge in [0.05, 0.1) is 13.0 Å². The van der Waals surface area contributed by atoms with Crippen molar-refractivity contribution in [2.75, 3.05) is 33.3 Å². The Balaban J connectivity index is 1.49. The Bertz CT molecular complexity index is 690. The van der Waals surface area contributed by atoms with Crippen molar-refractivity contribution in [1.82, 2.24) is 9.80 Å². The minimum Gasteiger partial charge on any atom is -0.469 e. The molecule has 0 N–H and O–H groups in total. The zero-order valence-electron chi connectivity index (χ0n) is 15.5. The van der Waals surface area contributed by atoms with Crippen molar-refractivity contribution < 1.29 is 23.5 Å². The van der Waals surface area contributed by atoms with E-state index in [1.807, 2.05) is 4.90 Å². The molecule has 0 radical (unpaired) electrons. The van der Waals surface area contributed by atoms with Crippen LogP contribution in [0.2, 0.25) is 0 Å². The van der Waals surface area contributed by atoms with Gasteiger partial charge in [-0.05, 0) is 49.9 Å². The molecule has 1 aromatic rings. The number of rotatable bonds is 3. The maximum absolute atomic E-state index is 13.0. The molecule has 146 valence electrons.